The number of hydrogen-bond acceptors (Lipinski definition) is 5. The second-order valence-corrected chi connectivity index (χ2v) is 6.48. The monoisotopic (exact) mass is 336 g/mol. The molecule has 0 bridgehead atoms. The van der Waals surface area contributed by atoms with Gasteiger partial charge in [-0.05, 0) is 37.3 Å². The maximum Gasteiger partial charge on any atom is 0.266 e. The molecule has 0 saturated carbocycles. The third-order valence-corrected chi connectivity index (χ3v) is 4.65. The minimum atomic E-state index is -0.0388. The molecule has 0 radical (unpaired) electrons. The summed E-state index contributed by atoms with van der Waals surface area (Å²) in [6.45, 7) is 4.36. The molecular weight excluding hydrogens is 316 g/mol. The Morgan fingerprint density at radius 2 is 2.04 bits per heavy atom. The van der Waals surface area contributed by atoms with Crippen molar-refractivity contribution in [2.24, 2.45) is 5.92 Å². The summed E-state index contributed by atoms with van der Waals surface area (Å²) in [7, 11) is 1.67. The molecule has 0 amide bonds. The molecule has 1 aliphatic heterocycles. The van der Waals surface area contributed by atoms with E-state index >= 15 is 0 Å². The Bertz CT molecular complexity index is 977. The van der Waals surface area contributed by atoms with E-state index in [0.29, 0.717) is 12.5 Å². The molecule has 1 aromatic carbocycles. The summed E-state index contributed by atoms with van der Waals surface area (Å²) < 4.78 is 6.91. The van der Waals surface area contributed by atoms with Gasteiger partial charge < -0.3 is 9.64 Å². The molecule has 0 aliphatic carbocycles. The highest BCUT2D eigenvalue weighted by Crippen LogP contribution is 2.33. The molecule has 0 spiro atoms. The fraction of sp³-hybridized carbons (Fsp3) is 0.316. The normalized spacial score (nSPS) is 14.6. The van der Waals surface area contributed by atoms with E-state index < -0.39 is 0 Å². The van der Waals surface area contributed by atoms with E-state index in [1.807, 2.05) is 37.4 Å². The lowest BCUT2D eigenvalue weighted by Crippen LogP contribution is -2.49. The predicted octanol–water partition coefficient (Wildman–Crippen LogP) is 2.24. The predicted molar refractivity (Wildman–Crippen MR) is 97.2 cm³/mol. The summed E-state index contributed by atoms with van der Waals surface area (Å²) in [6, 6.07) is 11.3. The van der Waals surface area contributed by atoms with Gasteiger partial charge in [0, 0.05) is 42.3 Å². The Kier molecular flexibility index (Phi) is 3.87. The van der Waals surface area contributed by atoms with Crippen molar-refractivity contribution in [3.63, 3.8) is 0 Å². The second-order valence-electron chi connectivity index (χ2n) is 6.48. The number of rotatable bonds is 4. The highest BCUT2D eigenvalue weighted by Gasteiger charge is 2.29. The Balaban J connectivity index is 1.53. The van der Waals surface area contributed by atoms with Crippen LogP contribution in [0.25, 0.3) is 10.9 Å². The lowest BCUT2D eigenvalue weighted by Gasteiger charge is -2.41. The summed E-state index contributed by atoms with van der Waals surface area (Å²) in [4.78, 5) is 18.7. The van der Waals surface area contributed by atoms with Gasteiger partial charge in [0.25, 0.3) is 5.56 Å². The largest absolute Gasteiger partial charge is 0.497 e. The van der Waals surface area contributed by atoms with Gasteiger partial charge in [0.1, 0.15) is 5.75 Å². The molecular formula is C19H20N4O2. The van der Waals surface area contributed by atoms with Gasteiger partial charge in [0.15, 0.2) is 0 Å². The topological polar surface area (TPSA) is 60.2 Å². The van der Waals surface area contributed by atoms with Crippen LogP contribution in [-0.2, 0) is 6.54 Å². The molecule has 3 aromatic rings. The Morgan fingerprint density at radius 3 is 2.84 bits per heavy atom. The van der Waals surface area contributed by atoms with E-state index in [2.05, 4.69) is 15.0 Å². The maximum atomic E-state index is 11.9. The van der Waals surface area contributed by atoms with Crippen LogP contribution in [0.2, 0.25) is 0 Å². The zero-order valence-corrected chi connectivity index (χ0v) is 14.3. The molecule has 6 nitrogen and oxygen atoms in total. The van der Waals surface area contributed by atoms with Crippen LogP contribution in [0.1, 0.15) is 5.69 Å². The molecule has 6 heteroatoms. The first kappa shape index (κ1) is 15.6. The number of pyridine rings is 1. The minimum Gasteiger partial charge on any atom is -0.497 e. The lowest BCUT2D eigenvalue weighted by atomic mass is 9.98. The first-order chi connectivity index (χ1) is 12.1. The number of methoxy groups -OCH3 is 1. The lowest BCUT2D eigenvalue weighted by molar-refractivity contribution is 0.334. The number of fused-ring (bicyclic) bond motifs is 1. The van der Waals surface area contributed by atoms with E-state index in [9.17, 15) is 4.79 Å². The van der Waals surface area contributed by atoms with Gasteiger partial charge in [-0.1, -0.05) is 0 Å². The number of ether oxygens (including phenoxy) is 1. The van der Waals surface area contributed by atoms with E-state index in [1.54, 1.807) is 23.9 Å². The van der Waals surface area contributed by atoms with E-state index in [-0.39, 0.29) is 5.56 Å². The number of hydrogen-bond donors (Lipinski definition) is 0. The SMILES string of the molecule is COc1ccc2nccc(N3CC(Cn4nc(C)ccc4=O)C3)c2c1. The van der Waals surface area contributed by atoms with Crippen molar-refractivity contribution in [2.45, 2.75) is 13.5 Å². The molecule has 25 heavy (non-hydrogen) atoms. The van der Waals surface area contributed by atoms with E-state index in [0.717, 1.165) is 41.1 Å². The Labute approximate surface area is 145 Å². The zero-order valence-electron chi connectivity index (χ0n) is 14.3. The zero-order chi connectivity index (χ0) is 17.4. The van der Waals surface area contributed by atoms with Crippen molar-refractivity contribution in [1.82, 2.24) is 14.8 Å². The van der Waals surface area contributed by atoms with Crippen molar-refractivity contribution in [1.29, 1.82) is 0 Å². The number of nitrogens with zero attached hydrogens (tertiary/aromatic N) is 4. The maximum absolute atomic E-state index is 11.9. The average Bonchev–Trinajstić information content (AvgIpc) is 2.60. The molecule has 0 unspecified atom stereocenters. The fourth-order valence-corrected chi connectivity index (χ4v) is 3.32. The van der Waals surface area contributed by atoms with Crippen LogP contribution < -0.4 is 15.2 Å². The van der Waals surface area contributed by atoms with Gasteiger partial charge in [0.2, 0.25) is 0 Å². The van der Waals surface area contributed by atoms with Crippen molar-refractivity contribution in [3.8, 4) is 5.75 Å². The van der Waals surface area contributed by atoms with Gasteiger partial charge in [-0.3, -0.25) is 9.78 Å². The summed E-state index contributed by atoms with van der Waals surface area (Å²) in [5, 5.41) is 5.41. The average molecular weight is 336 g/mol. The summed E-state index contributed by atoms with van der Waals surface area (Å²) >= 11 is 0. The molecule has 2 aromatic heterocycles. The van der Waals surface area contributed by atoms with Crippen molar-refractivity contribution < 1.29 is 4.74 Å². The van der Waals surface area contributed by atoms with Crippen LogP contribution in [0, 0.1) is 12.8 Å². The highest BCUT2D eigenvalue weighted by atomic mass is 16.5. The molecule has 1 fully saturated rings. The third kappa shape index (κ3) is 2.95. The molecule has 1 aliphatic rings. The van der Waals surface area contributed by atoms with Gasteiger partial charge in [-0.2, -0.15) is 5.10 Å². The third-order valence-electron chi connectivity index (χ3n) is 4.65. The quantitative estimate of drug-likeness (QED) is 0.731. The first-order valence-corrected chi connectivity index (χ1v) is 8.36. The van der Waals surface area contributed by atoms with Crippen LogP contribution in [0.5, 0.6) is 5.75 Å². The molecule has 4 rings (SSSR count). The summed E-state index contributed by atoms with van der Waals surface area (Å²) in [5.41, 5.74) is 2.94. The first-order valence-electron chi connectivity index (χ1n) is 8.36. The Hall–Kier alpha value is -2.89. The summed E-state index contributed by atoms with van der Waals surface area (Å²) in [6.07, 6.45) is 1.84. The van der Waals surface area contributed by atoms with Gasteiger partial charge in [0.05, 0.1) is 24.9 Å². The van der Waals surface area contributed by atoms with Crippen LogP contribution in [0.3, 0.4) is 0 Å². The van der Waals surface area contributed by atoms with Crippen molar-refractivity contribution in [2.75, 3.05) is 25.1 Å². The molecule has 1 saturated heterocycles. The molecule has 3 heterocycles. The second kappa shape index (κ2) is 6.20. The van der Waals surface area contributed by atoms with Gasteiger partial charge in [-0.15, -0.1) is 0 Å². The smallest absolute Gasteiger partial charge is 0.266 e. The number of benzene rings is 1. The molecule has 128 valence electrons. The van der Waals surface area contributed by atoms with Gasteiger partial charge >= 0.3 is 0 Å². The Morgan fingerprint density at radius 1 is 1.20 bits per heavy atom. The van der Waals surface area contributed by atoms with Crippen LogP contribution in [0.4, 0.5) is 5.69 Å². The van der Waals surface area contributed by atoms with Crippen LogP contribution >= 0.6 is 0 Å². The fourth-order valence-electron chi connectivity index (χ4n) is 3.32. The number of aryl methyl sites for hydroxylation is 1. The standard InChI is InChI=1S/C19H20N4O2/c1-13-3-6-19(24)23(21-13)12-14-10-22(11-14)18-7-8-20-17-5-4-15(25-2)9-16(17)18/h3-9,14H,10-12H2,1-2H3. The number of aromatic nitrogens is 3. The van der Waals surface area contributed by atoms with E-state index in [1.165, 1.54) is 0 Å². The summed E-state index contributed by atoms with van der Waals surface area (Å²) in [5.74, 6) is 1.25. The van der Waals surface area contributed by atoms with Gasteiger partial charge in [-0.25, -0.2) is 4.68 Å². The minimum absolute atomic E-state index is 0.0388. The van der Waals surface area contributed by atoms with Crippen molar-refractivity contribution >= 4 is 16.6 Å². The van der Waals surface area contributed by atoms with E-state index in [4.69, 9.17) is 4.74 Å². The number of anilines is 1. The molecule has 0 N–H and O–H groups in total. The highest BCUT2D eigenvalue weighted by molar-refractivity contribution is 5.92. The van der Waals surface area contributed by atoms with Crippen molar-refractivity contribution in [3.05, 3.63) is 58.6 Å². The van der Waals surface area contributed by atoms with Crippen LogP contribution in [0.15, 0.2) is 47.4 Å². The molecule has 0 atom stereocenters. The van der Waals surface area contributed by atoms with Crippen LogP contribution in [-0.4, -0.2) is 35.0 Å².